The van der Waals surface area contributed by atoms with Gasteiger partial charge < -0.3 is 25.2 Å². The van der Waals surface area contributed by atoms with E-state index >= 15 is 0 Å². The molecule has 0 bridgehead atoms. The number of hydrogen-bond acceptors (Lipinski definition) is 9. The summed E-state index contributed by atoms with van der Waals surface area (Å²) in [4.78, 5) is 25.4. The van der Waals surface area contributed by atoms with E-state index in [1.807, 2.05) is 36.7 Å². The van der Waals surface area contributed by atoms with Crippen molar-refractivity contribution in [3.05, 3.63) is 66.0 Å². The molecular weight excluding hydrogens is 452 g/mol. The predicted molar refractivity (Wildman–Crippen MR) is 145 cm³/mol. The smallest absolute Gasteiger partial charge is 0.164 e. The second-order valence-corrected chi connectivity index (χ2v) is 8.80. The molecule has 36 heavy (non-hydrogen) atoms. The van der Waals surface area contributed by atoms with E-state index in [-0.39, 0.29) is 6.17 Å². The normalized spacial score (nSPS) is 18.2. The summed E-state index contributed by atoms with van der Waals surface area (Å²) in [5.41, 5.74) is 11.0. The molecule has 2 N–H and O–H groups in total. The molecular formula is C27H32N8O. The molecule has 186 valence electrons. The fourth-order valence-corrected chi connectivity index (χ4v) is 4.87. The minimum absolute atomic E-state index is 0.00980. The summed E-state index contributed by atoms with van der Waals surface area (Å²) in [6, 6.07) is 12.2. The first-order chi connectivity index (χ1) is 17.6. The van der Waals surface area contributed by atoms with E-state index in [1.165, 1.54) is 5.56 Å². The molecule has 9 nitrogen and oxygen atoms in total. The van der Waals surface area contributed by atoms with Gasteiger partial charge >= 0.3 is 0 Å². The molecule has 1 atom stereocenters. The summed E-state index contributed by atoms with van der Waals surface area (Å²) >= 11 is 0. The van der Waals surface area contributed by atoms with Gasteiger partial charge in [-0.25, -0.2) is 9.97 Å². The molecule has 0 saturated carbocycles. The minimum atomic E-state index is 0.00980. The number of ether oxygens (including phenoxy) is 1. The maximum absolute atomic E-state index is 6.30. The van der Waals surface area contributed by atoms with Crippen molar-refractivity contribution in [2.75, 3.05) is 61.6 Å². The summed E-state index contributed by atoms with van der Waals surface area (Å²) in [6.45, 7) is 5.89. The molecule has 1 saturated heterocycles. The number of allylic oxidation sites excluding steroid dienone is 1. The third-order valence-corrected chi connectivity index (χ3v) is 6.65. The van der Waals surface area contributed by atoms with E-state index in [9.17, 15) is 0 Å². The second-order valence-electron chi connectivity index (χ2n) is 8.80. The lowest BCUT2D eigenvalue weighted by molar-refractivity contribution is 0.122. The second kappa shape index (κ2) is 10.3. The van der Waals surface area contributed by atoms with Crippen LogP contribution in [0.4, 0.5) is 17.3 Å². The number of hydrogen-bond donors (Lipinski definition) is 1. The molecule has 0 radical (unpaired) electrons. The zero-order valence-corrected chi connectivity index (χ0v) is 21.0. The van der Waals surface area contributed by atoms with Crippen LogP contribution in [0, 0.1) is 0 Å². The largest absolute Gasteiger partial charge is 0.398 e. The van der Waals surface area contributed by atoms with E-state index in [0.29, 0.717) is 24.7 Å². The molecule has 0 spiro atoms. The van der Waals surface area contributed by atoms with Crippen LogP contribution in [0.15, 0.2) is 59.9 Å². The van der Waals surface area contributed by atoms with Crippen LogP contribution in [0.3, 0.4) is 0 Å². The Balaban J connectivity index is 1.65. The van der Waals surface area contributed by atoms with E-state index in [2.05, 4.69) is 50.8 Å². The molecule has 1 unspecified atom stereocenters. The zero-order valence-electron chi connectivity index (χ0n) is 21.0. The molecule has 2 aliphatic rings. The maximum atomic E-state index is 6.30. The summed E-state index contributed by atoms with van der Waals surface area (Å²) in [6.07, 6.45) is 7.18. The fraction of sp³-hybridized carbons (Fsp3) is 0.333. The van der Waals surface area contributed by atoms with E-state index in [1.54, 1.807) is 19.3 Å². The Morgan fingerprint density at radius 2 is 1.89 bits per heavy atom. The van der Waals surface area contributed by atoms with Gasteiger partial charge in [-0.2, -0.15) is 0 Å². The predicted octanol–water partition coefficient (Wildman–Crippen LogP) is 3.35. The summed E-state index contributed by atoms with van der Waals surface area (Å²) in [7, 11) is 3.84. The van der Waals surface area contributed by atoms with E-state index in [0.717, 1.165) is 48.1 Å². The topological polar surface area (TPSA) is 96.0 Å². The van der Waals surface area contributed by atoms with Crippen molar-refractivity contribution in [2.24, 2.45) is 10.7 Å². The van der Waals surface area contributed by atoms with Crippen molar-refractivity contribution in [3.63, 3.8) is 0 Å². The highest BCUT2D eigenvalue weighted by atomic mass is 16.5. The van der Waals surface area contributed by atoms with Crippen molar-refractivity contribution in [1.82, 2.24) is 15.0 Å². The molecule has 1 fully saturated rings. The van der Waals surface area contributed by atoms with Crippen LogP contribution in [-0.4, -0.2) is 68.1 Å². The number of benzene rings is 1. The number of morpholine rings is 1. The van der Waals surface area contributed by atoms with Crippen LogP contribution in [0.5, 0.6) is 0 Å². The van der Waals surface area contributed by atoms with E-state index < -0.39 is 0 Å². The summed E-state index contributed by atoms with van der Waals surface area (Å²) in [5.74, 6) is 2.54. The highest BCUT2D eigenvalue weighted by Gasteiger charge is 2.39. The number of aliphatic imine (C=N–C) groups is 1. The van der Waals surface area contributed by atoms with Crippen molar-refractivity contribution in [1.29, 1.82) is 0 Å². The van der Waals surface area contributed by atoms with Crippen LogP contribution in [-0.2, 0) is 4.74 Å². The van der Waals surface area contributed by atoms with Gasteiger partial charge in [-0.05, 0) is 42.3 Å². The van der Waals surface area contributed by atoms with Crippen molar-refractivity contribution >= 4 is 29.2 Å². The Hall–Kier alpha value is -3.98. The van der Waals surface area contributed by atoms with Gasteiger partial charge in [-0.3, -0.25) is 9.98 Å². The van der Waals surface area contributed by atoms with Gasteiger partial charge in [0.05, 0.1) is 13.2 Å². The number of anilines is 3. The van der Waals surface area contributed by atoms with Gasteiger partial charge in [0, 0.05) is 63.6 Å². The first-order valence-electron chi connectivity index (χ1n) is 12.2. The molecule has 0 aliphatic carbocycles. The van der Waals surface area contributed by atoms with Crippen LogP contribution in [0.1, 0.15) is 24.2 Å². The molecule has 3 aromatic rings. The van der Waals surface area contributed by atoms with E-state index in [4.69, 9.17) is 20.4 Å². The molecule has 4 heterocycles. The monoisotopic (exact) mass is 484 g/mol. The Labute approximate surface area is 212 Å². The van der Waals surface area contributed by atoms with Crippen molar-refractivity contribution in [2.45, 2.75) is 13.1 Å². The van der Waals surface area contributed by atoms with Gasteiger partial charge in [0.15, 0.2) is 17.5 Å². The van der Waals surface area contributed by atoms with Gasteiger partial charge in [-0.1, -0.05) is 18.2 Å². The average Bonchev–Trinajstić information content (AvgIpc) is 3.23. The van der Waals surface area contributed by atoms with Crippen LogP contribution < -0.4 is 20.4 Å². The first kappa shape index (κ1) is 23.7. The number of nitrogens with two attached hydrogens (primary N) is 1. The average molecular weight is 485 g/mol. The van der Waals surface area contributed by atoms with Gasteiger partial charge in [-0.15, -0.1) is 0 Å². The number of rotatable bonds is 6. The Morgan fingerprint density at radius 3 is 2.61 bits per heavy atom. The number of fused-ring (bicyclic) bond motifs is 1. The SMILES string of the molecule is CCN1c2nc(-c3cccc(/C(N)=C/C=NC)c3)nc(N3CCOCC3)c2N(C)C1c1ccncc1. The first-order valence-corrected chi connectivity index (χ1v) is 12.2. The van der Waals surface area contributed by atoms with Crippen LogP contribution in [0.25, 0.3) is 17.1 Å². The Morgan fingerprint density at radius 1 is 1.14 bits per heavy atom. The number of nitrogens with zero attached hydrogens (tertiary/aromatic N) is 7. The molecule has 2 aromatic heterocycles. The minimum Gasteiger partial charge on any atom is -0.398 e. The number of pyridine rings is 1. The Bertz CT molecular complexity index is 1270. The molecule has 5 rings (SSSR count). The third kappa shape index (κ3) is 4.37. The molecule has 0 amide bonds. The quantitative estimate of drug-likeness (QED) is 0.532. The molecule has 9 heteroatoms. The van der Waals surface area contributed by atoms with Crippen LogP contribution in [0.2, 0.25) is 0 Å². The van der Waals surface area contributed by atoms with Gasteiger partial charge in [0.25, 0.3) is 0 Å². The molecule has 1 aromatic carbocycles. The molecule has 2 aliphatic heterocycles. The lowest BCUT2D eigenvalue weighted by atomic mass is 10.1. The van der Waals surface area contributed by atoms with Crippen molar-refractivity contribution < 1.29 is 4.74 Å². The maximum Gasteiger partial charge on any atom is 0.164 e. The highest BCUT2D eigenvalue weighted by Crippen LogP contribution is 2.49. The summed E-state index contributed by atoms with van der Waals surface area (Å²) < 4.78 is 5.64. The summed E-state index contributed by atoms with van der Waals surface area (Å²) in [5, 5.41) is 0. The lowest BCUT2D eigenvalue weighted by Crippen LogP contribution is -2.38. The van der Waals surface area contributed by atoms with Gasteiger partial charge in [0.1, 0.15) is 11.9 Å². The zero-order chi connectivity index (χ0) is 25.1. The third-order valence-electron chi connectivity index (χ3n) is 6.65. The highest BCUT2D eigenvalue weighted by molar-refractivity contribution is 5.87. The van der Waals surface area contributed by atoms with Crippen molar-refractivity contribution in [3.8, 4) is 11.4 Å². The standard InChI is InChI=1S/C27H32N8O/c1-4-35-26-23(33(3)27(35)19-8-12-30-13-9-19)25(34-14-16-36-17-15-34)31-24(32-26)21-7-5-6-20(18-21)22(28)10-11-29-2/h5-13,18,27H,4,14-17,28H2,1-3H3/b22-10-,29-11?. The fourth-order valence-electron chi connectivity index (χ4n) is 4.87. The Kier molecular flexibility index (Phi) is 6.81. The van der Waals surface area contributed by atoms with Crippen LogP contribution >= 0.6 is 0 Å². The lowest BCUT2D eigenvalue weighted by Gasteiger charge is -2.32. The number of aromatic nitrogens is 3. The van der Waals surface area contributed by atoms with Gasteiger partial charge in [0.2, 0.25) is 0 Å².